The van der Waals surface area contributed by atoms with Gasteiger partial charge in [0.05, 0.1) is 6.61 Å². The molecule has 1 aliphatic heterocycles. The van der Waals surface area contributed by atoms with Crippen LogP contribution in [0, 0.1) is 0 Å². The van der Waals surface area contributed by atoms with Crippen LogP contribution in [0.2, 0.25) is 0 Å². The lowest BCUT2D eigenvalue weighted by atomic mass is 9.92. The highest BCUT2D eigenvalue weighted by atomic mass is 16.5. The van der Waals surface area contributed by atoms with Crippen molar-refractivity contribution in [3.05, 3.63) is 35.4 Å². The predicted molar refractivity (Wildman–Crippen MR) is 84.4 cm³/mol. The molecule has 0 saturated heterocycles. The van der Waals surface area contributed by atoms with Gasteiger partial charge in [0.2, 0.25) is 11.5 Å². The molecule has 0 aromatic heterocycles. The van der Waals surface area contributed by atoms with Gasteiger partial charge in [-0.25, -0.2) is 0 Å². The number of phenols is 4. The molecule has 132 valence electrons. The lowest BCUT2D eigenvalue weighted by molar-refractivity contribution is 0.0209. The smallest absolute Gasteiger partial charge is 0.202 e. The molecule has 2 aromatic carbocycles. The maximum atomic E-state index is 12.4. The number of phenolic OH excluding ortho intramolecular Hbond substituents is 4. The topological polar surface area (TPSA) is 137 Å². The second kappa shape index (κ2) is 6.06. The van der Waals surface area contributed by atoms with Crippen molar-refractivity contribution in [2.75, 3.05) is 6.61 Å². The Labute approximate surface area is 142 Å². The van der Waals surface area contributed by atoms with Crippen molar-refractivity contribution in [2.24, 2.45) is 0 Å². The van der Waals surface area contributed by atoms with Crippen LogP contribution in [0.5, 0.6) is 34.5 Å². The molecule has 2 atom stereocenters. The van der Waals surface area contributed by atoms with Crippen LogP contribution in [-0.4, -0.2) is 44.0 Å². The van der Waals surface area contributed by atoms with Gasteiger partial charge in [0, 0.05) is 17.7 Å². The number of fused-ring (bicyclic) bond motifs is 1. The molecule has 0 unspecified atom stereocenters. The summed E-state index contributed by atoms with van der Waals surface area (Å²) in [6.45, 7) is 1.90. The van der Waals surface area contributed by atoms with Crippen LogP contribution < -0.4 is 9.47 Å². The average Bonchev–Trinajstić information content (AvgIpc) is 2.54. The van der Waals surface area contributed by atoms with E-state index >= 15 is 0 Å². The van der Waals surface area contributed by atoms with Gasteiger partial charge in [-0.3, -0.25) is 4.79 Å². The summed E-state index contributed by atoms with van der Waals surface area (Å²) in [6, 6.07) is 4.56. The third-order valence-corrected chi connectivity index (χ3v) is 3.83. The molecule has 25 heavy (non-hydrogen) atoms. The summed E-state index contributed by atoms with van der Waals surface area (Å²) in [5, 5.41) is 49.3. The maximum absolute atomic E-state index is 12.4. The quantitative estimate of drug-likeness (QED) is 0.527. The highest BCUT2D eigenvalue weighted by Crippen LogP contribution is 2.44. The third-order valence-electron chi connectivity index (χ3n) is 3.83. The zero-order valence-electron chi connectivity index (χ0n) is 13.1. The first-order valence-electron chi connectivity index (χ1n) is 7.47. The molecular formula is C17H16O8. The highest BCUT2D eigenvalue weighted by Gasteiger charge is 2.39. The number of aliphatic hydroxyl groups is 1. The van der Waals surface area contributed by atoms with E-state index in [0.29, 0.717) is 0 Å². The molecule has 1 aliphatic rings. The number of ether oxygens (including phenoxy) is 2. The second-order valence-corrected chi connectivity index (χ2v) is 5.51. The van der Waals surface area contributed by atoms with Crippen molar-refractivity contribution in [3.63, 3.8) is 0 Å². The fourth-order valence-corrected chi connectivity index (χ4v) is 2.71. The monoisotopic (exact) mass is 348 g/mol. The van der Waals surface area contributed by atoms with Gasteiger partial charge in [0.25, 0.3) is 0 Å². The summed E-state index contributed by atoms with van der Waals surface area (Å²) in [5.41, 5.74) is -0.0670. The Hall–Kier alpha value is -3.13. The van der Waals surface area contributed by atoms with Gasteiger partial charge in [-0.15, -0.1) is 0 Å². The first-order valence-corrected chi connectivity index (χ1v) is 7.47. The molecular weight excluding hydrogens is 332 g/mol. The van der Waals surface area contributed by atoms with E-state index in [1.165, 1.54) is 6.07 Å². The molecule has 0 fully saturated rings. The Kier molecular flexibility index (Phi) is 4.05. The number of carbonyl (C=O) groups excluding carboxylic acids is 1. The number of benzene rings is 2. The minimum Gasteiger partial charge on any atom is -0.508 e. The molecule has 1 heterocycles. The van der Waals surface area contributed by atoms with Gasteiger partial charge in [-0.1, -0.05) is 0 Å². The van der Waals surface area contributed by atoms with Gasteiger partial charge in [0.15, 0.2) is 23.7 Å². The molecule has 2 aromatic rings. The van der Waals surface area contributed by atoms with E-state index in [-0.39, 0.29) is 35.0 Å². The molecule has 0 amide bonds. The molecule has 8 nitrogen and oxygen atoms in total. The first kappa shape index (κ1) is 16.7. The molecule has 0 saturated carbocycles. The zero-order chi connectivity index (χ0) is 18.3. The fourth-order valence-electron chi connectivity index (χ4n) is 2.71. The zero-order valence-corrected chi connectivity index (χ0v) is 13.1. The average molecular weight is 348 g/mol. The van der Waals surface area contributed by atoms with Crippen molar-refractivity contribution in [2.45, 2.75) is 19.1 Å². The number of aliphatic hydroxyl groups excluding tert-OH is 1. The highest BCUT2D eigenvalue weighted by molar-refractivity contribution is 6.05. The van der Waals surface area contributed by atoms with E-state index in [0.717, 1.165) is 18.2 Å². The predicted octanol–water partition coefficient (Wildman–Crippen LogP) is 1.58. The minimum atomic E-state index is -1.67. The van der Waals surface area contributed by atoms with Crippen molar-refractivity contribution >= 4 is 5.78 Å². The van der Waals surface area contributed by atoms with Gasteiger partial charge >= 0.3 is 0 Å². The van der Waals surface area contributed by atoms with E-state index in [4.69, 9.17) is 9.47 Å². The number of hydrogen-bond acceptors (Lipinski definition) is 8. The molecule has 5 N–H and O–H groups in total. The molecule has 0 radical (unpaired) electrons. The molecule has 8 heteroatoms. The molecule has 0 spiro atoms. The second-order valence-electron chi connectivity index (χ2n) is 5.51. The first-order chi connectivity index (χ1) is 11.8. The number of hydrogen-bond donors (Lipinski definition) is 5. The lowest BCUT2D eigenvalue weighted by Crippen LogP contribution is -2.36. The summed E-state index contributed by atoms with van der Waals surface area (Å²) in [6.07, 6.45) is -2.90. The number of Topliss-reactive ketones (excluding diaryl/α,β-unsaturated/α-hetero) is 1. The molecule has 0 aliphatic carbocycles. The van der Waals surface area contributed by atoms with Gasteiger partial charge in [-0.05, 0) is 19.1 Å². The van der Waals surface area contributed by atoms with Crippen molar-refractivity contribution in [1.82, 2.24) is 0 Å². The lowest BCUT2D eigenvalue weighted by Gasteiger charge is -2.30. The van der Waals surface area contributed by atoms with Crippen LogP contribution >= 0.6 is 0 Å². The van der Waals surface area contributed by atoms with E-state index in [9.17, 15) is 30.3 Å². The summed E-state index contributed by atoms with van der Waals surface area (Å²) in [7, 11) is 0. The Morgan fingerprint density at radius 3 is 2.48 bits per heavy atom. The summed E-state index contributed by atoms with van der Waals surface area (Å²) < 4.78 is 10.8. The molecule has 0 bridgehead atoms. The Balaban J connectivity index is 2.08. The van der Waals surface area contributed by atoms with Crippen LogP contribution in [0.3, 0.4) is 0 Å². The van der Waals surface area contributed by atoms with Crippen LogP contribution in [0.25, 0.3) is 0 Å². The normalized spacial score (nSPS) is 19.2. The SMILES string of the molecule is CCOc1cc([C@H]2Oc3cc(O)cc(O)c3C(=O)[C@@H]2O)cc(O)c1O. The van der Waals surface area contributed by atoms with E-state index in [1.807, 2.05) is 0 Å². The van der Waals surface area contributed by atoms with Gasteiger partial charge in [-0.2, -0.15) is 0 Å². The Morgan fingerprint density at radius 2 is 1.80 bits per heavy atom. The van der Waals surface area contributed by atoms with Crippen LogP contribution in [0.15, 0.2) is 24.3 Å². The van der Waals surface area contributed by atoms with Crippen molar-refractivity contribution in [1.29, 1.82) is 0 Å². The van der Waals surface area contributed by atoms with Crippen molar-refractivity contribution in [3.8, 4) is 34.5 Å². The van der Waals surface area contributed by atoms with E-state index in [2.05, 4.69) is 0 Å². The van der Waals surface area contributed by atoms with E-state index in [1.54, 1.807) is 6.92 Å². The van der Waals surface area contributed by atoms with Crippen LogP contribution in [0.4, 0.5) is 0 Å². The summed E-state index contributed by atoms with van der Waals surface area (Å²) in [5.74, 6) is -2.75. The standard InChI is InChI=1S/C17H16O8/c1-2-24-12-4-7(3-10(20)14(12)21)17-16(23)15(22)13-9(19)5-8(18)6-11(13)25-17/h3-6,16-21,23H,2H2,1H3/t16-,17+/m0/s1. The number of aromatic hydroxyl groups is 4. The number of ketones is 1. The van der Waals surface area contributed by atoms with Gasteiger partial charge in [0.1, 0.15) is 22.8 Å². The van der Waals surface area contributed by atoms with Crippen molar-refractivity contribution < 1.29 is 39.8 Å². The Morgan fingerprint density at radius 1 is 1.08 bits per heavy atom. The third kappa shape index (κ3) is 2.76. The number of rotatable bonds is 3. The largest absolute Gasteiger partial charge is 0.508 e. The minimum absolute atomic E-state index is 0.0368. The maximum Gasteiger partial charge on any atom is 0.202 e. The molecule has 3 rings (SSSR count). The number of carbonyl (C=O) groups is 1. The summed E-state index contributed by atoms with van der Waals surface area (Å²) in [4.78, 5) is 12.4. The van der Waals surface area contributed by atoms with E-state index < -0.39 is 35.2 Å². The van der Waals surface area contributed by atoms with Crippen LogP contribution in [0.1, 0.15) is 28.9 Å². The Bertz CT molecular complexity index is 845. The summed E-state index contributed by atoms with van der Waals surface area (Å²) >= 11 is 0. The van der Waals surface area contributed by atoms with Crippen LogP contribution in [-0.2, 0) is 0 Å². The van der Waals surface area contributed by atoms with Gasteiger partial charge < -0.3 is 35.0 Å². The fraction of sp³-hybridized carbons (Fsp3) is 0.235.